The molecule has 0 aliphatic rings. The normalized spacial score (nSPS) is 12.6. The van der Waals surface area contributed by atoms with Gasteiger partial charge in [0.05, 0.1) is 18.6 Å². The van der Waals surface area contributed by atoms with Crippen molar-refractivity contribution in [3.8, 4) is 0 Å². The van der Waals surface area contributed by atoms with Gasteiger partial charge in [0.2, 0.25) is 0 Å². The number of nitrogens with one attached hydrogen (secondary N) is 1. The number of hydrogen-bond donors (Lipinski definition) is 1. The van der Waals surface area contributed by atoms with E-state index in [0.717, 1.165) is 5.56 Å². The predicted molar refractivity (Wildman–Crippen MR) is 84.4 cm³/mol. The zero-order valence-corrected chi connectivity index (χ0v) is 13.9. The minimum atomic E-state index is -0.593. The maximum atomic E-state index is 12.0. The molecule has 1 rings (SSSR count). The molecule has 0 spiro atoms. The van der Waals surface area contributed by atoms with Crippen LogP contribution in [0, 0.1) is 0 Å². The van der Waals surface area contributed by atoms with Gasteiger partial charge in [-0.25, -0.2) is 4.79 Å². The largest absolute Gasteiger partial charge is 0.463 e. The average molecular weight is 307 g/mol. The van der Waals surface area contributed by atoms with Crippen LogP contribution in [-0.4, -0.2) is 23.8 Å². The Morgan fingerprint density at radius 3 is 2.23 bits per heavy atom. The minimum absolute atomic E-state index is 0.0570. The fraction of sp³-hybridized carbons (Fsp3) is 0.529. The van der Waals surface area contributed by atoms with E-state index >= 15 is 0 Å². The Balaban J connectivity index is 2.79. The third-order valence-corrected chi connectivity index (χ3v) is 2.63. The van der Waals surface area contributed by atoms with Gasteiger partial charge in [-0.2, -0.15) is 0 Å². The molecule has 22 heavy (non-hydrogen) atoms. The van der Waals surface area contributed by atoms with E-state index in [4.69, 9.17) is 9.47 Å². The molecule has 1 amide bonds. The molecule has 0 bridgehead atoms. The van der Waals surface area contributed by atoms with Gasteiger partial charge in [0.1, 0.15) is 5.60 Å². The van der Waals surface area contributed by atoms with Crippen molar-refractivity contribution in [3.63, 3.8) is 0 Å². The number of carbonyl (C=O) groups excluding carboxylic acids is 2. The summed E-state index contributed by atoms with van der Waals surface area (Å²) in [5.74, 6) is -0.361. The highest BCUT2D eigenvalue weighted by molar-refractivity contribution is 5.73. The lowest BCUT2D eigenvalue weighted by atomic mass is 10.0. The summed E-state index contributed by atoms with van der Waals surface area (Å²) in [6, 6.07) is 8.80. The van der Waals surface area contributed by atoms with E-state index in [0.29, 0.717) is 0 Å². The molecule has 5 nitrogen and oxygen atoms in total. The van der Waals surface area contributed by atoms with Crippen LogP contribution in [0.15, 0.2) is 30.3 Å². The third-order valence-electron chi connectivity index (χ3n) is 2.63. The first kappa shape index (κ1) is 18.0. The third kappa shape index (κ3) is 7.11. The fourth-order valence-corrected chi connectivity index (χ4v) is 1.87. The number of carbonyl (C=O) groups is 2. The average Bonchev–Trinajstić information content (AvgIpc) is 2.35. The van der Waals surface area contributed by atoms with Crippen molar-refractivity contribution in [1.29, 1.82) is 0 Å². The van der Waals surface area contributed by atoms with E-state index in [1.54, 1.807) is 34.6 Å². The van der Waals surface area contributed by atoms with Crippen molar-refractivity contribution >= 4 is 12.1 Å². The number of alkyl carbamates (subject to hydrolysis) is 1. The molecule has 1 aromatic rings. The van der Waals surface area contributed by atoms with E-state index in [9.17, 15) is 9.59 Å². The Hall–Kier alpha value is -2.04. The minimum Gasteiger partial charge on any atom is -0.463 e. The fourth-order valence-electron chi connectivity index (χ4n) is 1.87. The van der Waals surface area contributed by atoms with Crippen molar-refractivity contribution in [2.24, 2.45) is 0 Å². The summed E-state index contributed by atoms with van der Waals surface area (Å²) in [6.45, 7) is 8.94. The summed E-state index contributed by atoms with van der Waals surface area (Å²) in [7, 11) is 0. The number of amides is 1. The highest BCUT2D eigenvalue weighted by Gasteiger charge is 2.23. The zero-order valence-electron chi connectivity index (χ0n) is 13.9. The Morgan fingerprint density at radius 1 is 1.14 bits per heavy atom. The maximum absolute atomic E-state index is 12.0. The van der Waals surface area contributed by atoms with Crippen molar-refractivity contribution in [2.75, 3.05) is 0 Å². The van der Waals surface area contributed by atoms with Crippen LogP contribution in [0.4, 0.5) is 4.79 Å². The van der Waals surface area contributed by atoms with Crippen molar-refractivity contribution < 1.29 is 19.1 Å². The van der Waals surface area contributed by atoms with Crippen molar-refractivity contribution in [1.82, 2.24) is 5.32 Å². The predicted octanol–water partition coefficient (Wildman–Crippen LogP) is 3.59. The second-order valence-electron chi connectivity index (χ2n) is 6.35. The van der Waals surface area contributed by atoms with Crippen LogP contribution in [0.25, 0.3) is 0 Å². The lowest BCUT2D eigenvalue weighted by molar-refractivity contribution is -0.147. The summed E-state index contributed by atoms with van der Waals surface area (Å²) < 4.78 is 10.4. The molecule has 0 aliphatic heterocycles. The molecule has 0 aromatic heterocycles. The van der Waals surface area contributed by atoms with E-state index in [1.807, 2.05) is 30.3 Å². The van der Waals surface area contributed by atoms with Gasteiger partial charge < -0.3 is 14.8 Å². The maximum Gasteiger partial charge on any atom is 0.408 e. The second kappa shape index (κ2) is 7.82. The molecule has 1 atom stereocenters. The van der Waals surface area contributed by atoms with Crippen molar-refractivity contribution in [3.05, 3.63) is 35.9 Å². The van der Waals surface area contributed by atoms with Gasteiger partial charge in [0, 0.05) is 0 Å². The SMILES string of the molecule is CC(C)OC(=O)C[C@@H](NC(=O)OC(C)(C)C)c1ccccc1. The molecule has 0 saturated carbocycles. The van der Waals surface area contributed by atoms with E-state index in [-0.39, 0.29) is 18.5 Å². The van der Waals surface area contributed by atoms with Gasteiger partial charge in [-0.1, -0.05) is 30.3 Å². The molecule has 0 fully saturated rings. The highest BCUT2D eigenvalue weighted by atomic mass is 16.6. The molecule has 0 radical (unpaired) electrons. The lowest BCUT2D eigenvalue weighted by Gasteiger charge is -2.23. The van der Waals surface area contributed by atoms with Crippen LogP contribution in [0.3, 0.4) is 0 Å². The Labute approximate surface area is 132 Å². The van der Waals surface area contributed by atoms with Gasteiger partial charge in [-0.3, -0.25) is 4.79 Å². The van der Waals surface area contributed by atoms with Crippen LogP contribution < -0.4 is 5.32 Å². The molecule has 0 heterocycles. The second-order valence-corrected chi connectivity index (χ2v) is 6.35. The smallest absolute Gasteiger partial charge is 0.408 e. The zero-order chi connectivity index (χ0) is 16.8. The molecular weight excluding hydrogens is 282 g/mol. The van der Waals surface area contributed by atoms with Crippen LogP contribution in [-0.2, 0) is 14.3 Å². The van der Waals surface area contributed by atoms with Gasteiger partial charge >= 0.3 is 12.1 Å². The molecule has 1 aromatic carbocycles. The number of rotatable bonds is 5. The highest BCUT2D eigenvalue weighted by Crippen LogP contribution is 2.19. The quantitative estimate of drug-likeness (QED) is 0.844. The van der Waals surface area contributed by atoms with Crippen LogP contribution in [0.1, 0.15) is 52.6 Å². The molecular formula is C17H25NO4. The molecule has 0 unspecified atom stereocenters. The van der Waals surface area contributed by atoms with E-state index < -0.39 is 17.7 Å². The molecule has 5 heteroatoms. The van der Waals surface area contributed by atoms with Gasteiger partial charge in [-0.15, -0.1) is 0 Å². The molecule has 122 valence electrons. The first-order valence-electron chi connectivity index (χ1n) is 7.41. The summed E-state index contributed by atoms with van der Waals surface area (Å²) in [6.07, 6.45) is -0.689. The summed E-state index contributed by atoms with van der Waals surface area (Å²) in [5, 5.41) is 2.73. The molecule has 1 N–H and O–H groups in total. The van der Waals surface area contributed by atoms with Crippen LogP contribution >= 0.6 is 0 Å². The van der Waals surface area contributed by atoms with E-state index in [2.05, 4.69) is 5.32 Å². The number of esters is 1. The number of benzene rings is 1. The topological polar surface area (TPSA) is 64.6 Å². The Bertz CT molecular complexity index is 491. The summed E-state index contributed by atoms with van der Waals surface area (Å²) >= 11 is 0. The first-order chi connectivity index (χ1) is 10.2. The summed E-state index contributed by atoms with van der Waals surface area (Å²) in [4.78, 5) is 23.9. The lowest BCUT2D eigenvalue weighted by Crippen LogP contribution is -2.36. The molecule has 0 saturated heterocycles. The number of hydrogen-bond acceptors (Lipinski definition) is 4. The van der Waals surface area contributed by atoms with Gasteiger partial charge in [0.25, 0.3) is 0 Å². The van der Waals surface area contributed by atoms with Crippen LogP contribution in [0.2, 0.25) is 0 Å². The van der Waals surface area contributed by atoms with E-state index in [1.165, 1.54) is 0 Å². The first-order valence-corrected chi connectivity index (χ1v) is 7.41. The van der Waals surface area contributed by atoms with Gasteiger partial charge in [0.15, 0.2) is 0 Å². The molecule has 0 aliphatic carbocycles. The standard InChI is InChI=1S/C17H25NO4/c1-12(2)21-15(19)11-14(13-9-7-6-8-10-13)18-16(20)22-17(3,4)5/h6-10,12,14H,11H2,1-5H3,(H,18,20)/t14-/m1/s1. The van der Waals surface area contributed by atoms with Crippen molar-refractivity contribution in [2.45, 2.75) is 58.8 Å². The number of ether oxygens (including phenoxy) is 2. The van der Waals surface area contributed by atoms with Crippen LogP contribution in [0.5, 0.6) is 0 Å². The summed E-state index contributed by atoms with van der Waals surface area (Å²) in [5.41, 5.74) is 0.234. The Morgan fingerprint density at radius 2 is 1.73 bits per heavy atom. The van der Waals surface area contributed by atoms with Gasteiger partial charge in [-0.05, 0) is 40.2 Å². The Kier molecular flexibility index (Phi) is 6.40. The monoisotopic (exact) mass is 307 g/mol.